The van der Waals surface area contributed by atoms with Crippen molar-refractivity contribution in [3.63, 3.8) is 0 Å². The number of fused-ring (bicyclic) bond motifs is 1. The van der Waals surface area contributed by atoms with Gasteiger partial charge in [0.2, 0.25) is 10.0 Å². The van der Waals surface area contributed by atoms with Crippen LogP contribution in [0.25, 0.3) is 39.6 Å². The molecule has 200 valence electrons. The lowest BCUT2D eigenvalue weighted by Gasteiger charge is -2.29. The average Bonchev–Trinajstić information content (AvgIpc) is 3.61. The lowest BCUT2D eigenvalue weighted by molar-refractivity contribution is 0.288. The average molecular weight is 549 g/mol. The van der Waals surface area contributed by atoms with Crippen LogP contribution in [0.1, 0.15) is 31.2 Å². The number of para-hydroxylation sites is 3. The SMILES string of the molecule is CC1CCN(S(=O)(=O)c2cccc(-c3nn(-c4ccccc4)cc3/C=C(\C#N)c3nc4ccccc4[nH]3)c2)CC1. The molecule has 9 heteroatoms. The molecule has 0 spiro atoms. The van der Waals surface area contributed by atoms with Crippen molar-refractivity contribution in [2.24, 2.45) is 5.92 Å². The molecule has 1 aliphatic rings. The molecule has 2 aromatic heterocycles. The summed E-state index contributed by atoms with van der Waals surface area (Å²) in [4.78, 5) is 8.05. The first kappa shape index (κ1) is 25.7. The quantitative estimate of drug-likeness (QED) is 0.266. The molecule has 0 unspecified atom stereocenters. The first-order valence-corrected chi connectivity index (χ1v) is 14.7. The first-order valence-electron chi connectivity index (χ1n) is 13.2. The maximum absolute atomic E-state index is 13.5. The molecular weight excluding hydrogens is 520 g/mol. The maximum atomic E-state index is 13.5. The van der Waals surface area contributed by atoms with Crippen LogP contribution in [-0.4, -0.2) is 45.6 Å². The predicted octanol–water partition coefficient (Wildman–Crippen LogP) is 5.90. The normalized spacial score (nSPS) is 15.3. The topological polar surface area (TPSA) is 108 Å². The number of aromatic amines is 1. The molecule has 0 bridgehead atoms. The zero-order valence-corrected chi connectivity index (χ0v) is 22.8. The van der Waals surface area contributed by atoms with Gasteiger partial charge in [0, 0.05) is 30.4 Å². The molecule has 1 N–H and O–H groups in total. The number of nitrogens with one attached hydrogen (secondary N) is 1. The molecule has 0 saturated carbocycles. The number of nitrogens with zero attached hydrogens (tertiary/aromatic N) is 5. The van der Waals surface area contributed by atoms with Gasteiger partial charge in [0.25, 0.3) is 0 Å². The molecule has 0 aliphatic carbocycles. The van der Waals surface area contributed by atoms with Crippen LogP contribution >= 0.6 is 0 Å². The van der Waals surface area contributed by atoms with Crippen molar-refractivity contribution in [3.05, 3.63) is 96.4 Å². The van der Waals surface area contributed by atoms with E-state index in [9.17, 15) is 13.7 Å². The van der Waals surface area contributed by atoms with E-state index in [0.717, 1.165) is 29.6 Å². The Morgan fingerprint density at radius 1 is 1.02 bits per heavy atom. The lowest BCUT2D eigenvalue weighted by atomic mass is 10.0. The molecule has 1 saturated heterocycles. The van der Waals surface area contributed by atoms with Gasteiger partial charge < -0.3 is 4.98 Å². The molecule has 3 aromatic carbocycles. The Morgan fingerprint density at radius 3 is 2.52 bits per heavy atom. The van der Waals surface area contributed by atoms with Crippen LogP contribution in [0, 0.1) is 17.2 Å². The number of nitriles is 1. The molecule has 0 amide bonds. The summed E-state index contributed by atoms with van der Waals surface area (Å²) in [5.74, 6) is 0.980. The largest absolute Gasteiger partial charge is 0.337 e. The number of sulfonamides is 1. The highest BCUT2D eigenvalue weighted by Crippen LogP contribution is 2.31. The standard InChI is InChI=1S/C31H28N6O2S/c1-22-14-16-36(17-15-22)40(38,39)27-11-7-8-23(19-27)30-25(21-37(35-30)26-9-3-2-4-10-26)18-24(20-32)31-33-28-12-5-6-13-29(28)34-31/h2-13,18-19,21-22H,14-17H2,1H3,(H,33,34)/b24-18+. The van der Waals surface area contributed by atoms with Crippen molar-refractivity contribution >= 4 is 32.7 Å². The number of allylic oxidation sites excluding steroid dienone is 1. The third-order valence-electron chi connectivity index (χ3n) is 7.32. The highest BCUT2D eigenvalue weighted by molar-refractivity contribution is 7.89. The molecule has 8 nitrogen and oxygen atoms in total. The molecular formula is C31H28N6O2S. The molecule has 0 radical (unpaired) electrons. The van der Waals surface area contributed by atoms with Crippen molar-refractivity contribution in [1.29, 1.82) is 5.26 Å². The second kappa shape index (κ2) is 10.6. The summed E-state index contributed by atoms with van der Waals surface area (Å²) in [6, 6.07) is 26.4. The van der Waals surface area contributed by atoms with Crippen molar-refractivity contribution in [1.82, 2.24) is 24.1 Å². The van der Waals surface area contributed by atoms with Crippen molar-refractivity contribution < 1.29 is 8.42 Å². The van der Waals surface area contributed by atoms with E-state index in [2.05, 4.69) is 23.0 Å². The number of hydrogen-bond donors (Lipinski definition) is 1. The van der Waals surface area contributed by atoms with Crippen molar-refractivity contribution in [2.75, 3.05) is 13.1 Å². The van der Waals surface area contributed by atoms with E-state index in [1.807, 2.05) is 66.9 Å². The van der Waals surface area contributed by atoms with E-state index < -0.39 is 10.0 Å². The van der Waals surface area contributed by atoms with Crippen LogP contribution in [0.5, 0.6) is 0 Å². The van der Waals surface area contributed by atoms with E-state index in [0.29, 0.717) is 47.2 Å². The maximum Gasteiger partial charge on any atom is 0.243 e. The zero-order valence-electron chi connectivity index (χ0n) is 22.0. The summed E-state index contributed by atoms with van der Waals surface area (Å²) >= 11 is 0. The van der Waals surface area contributed by atoms with Crippen LogP contribution < -0.4 is 0 Å². The van der Waals surface area contributed by atoms with Gasteiger partial charge in [-0.25, -0.2) is 18.1 Å². The summed E-state index contributed by atoms with van der Waals surface area (Å²) in [5.41, 5.74) is 4.68. The van der Waals surface area contributed by atoms with Gasteiger partial charge in [-0.15, -0.1) is 0 Å². The van der Waals surface area contributed by atoms with Gasteiger partial charge in [-0.3, -0.25) is 0 Å². The molecule has 1 fully saturated rings. The lowest BCUT2D eigenvalue weighted by Crippen LogP contribution is -2.37. The Hall–Kier alpha value is -4.52. The van der Waals surface area contributed by atoms with Gasteiger partial charge in [-0.05, 0) is 61.2 Å². The first-order chi connectivity index (χ1) is 19.4. The van der Waals surface area contributed by atoms with Crippen LogP contribution in [-0.2, 0) is 10.0 Å². The van der Waals surface area contributed by atoms with Crippen LogP contribution in [0.3, 0.4) is 0 Å². The molecule has 0 atom stereocenters. The summed E-state index contributed by atoms with van der Waals surface area (Å²) in [6.07, 6.45) is 5.30. The monoisotopic (exact) mass is 548 g/mol. The molecule has 5 aromatic rings. The van der Waals surface area contributed by atoms with E-state index >= 15 is 0 Å². The Labute approximate surface area is 233 Å². The second-order valence-corrected chi connectivity index (χ2v) is 12.0. The Bertz CT molecular complexity index is 1820. The summed E-state index contributed by atoms with van der Waals surface area (Å²) in [5, 5.41) is 14.9. The molecule has 6 rings (SSSR count). The summed E-state index contributed by atoms with van der Waals surface area (Å²) < 4.78 is 30.3. The van der Waals surface area contributed by atoms with Crippen LogP contribution in [0.4, 0.5) is 0 Å². The number of hydrogen-bond acceptors (Lipinski definition) is 5. The number of rotatable bonds is 6. The smallest absolute Gasteiger partial charge is 0.243 e. The van der Waals surface area contributed by atoms with E-state index in [1.165, 1.54) is 0 Å². The third-order valence-corrected chi connectivity index (χ3v) is 9.21. The van der Waals surface area contributed by atoms with Crippen LogP contribution in [0.15, 0.2) is 90.0 Å². The minimum Gasteiger partial charge on any atom is -0.337 e. The molecule has 40 heavy (non-hydrogen) atoms. The number of benzene rings is 3. The van der Waals surface area contributed by atoms with Gasteiger partial charge in [0.15, 0.2) is 0 Å². The second-order valence-electron chi connectivity index (χ2n) is 10.1. The minimum absolute atomic E-state index is 0.238. The number of imidazole rings is 1. The number of piperidine rings is 1. The van der Waals surface area contributed by atoms with Crippen LogP contribution in [0.2, 0.25) is 0 Å². The van der Waals surface area contributed by atoms with Gasteiger partial charge in [-0.2, -0.15) is 14.7 Å². The third kappa shape index (κ3) is 4.95. The Kier molecular flexibility index (Phi) is 6.80. The highest BCUT2D eigenvalue weighted by Gasteiger charge is 2.28. The Balaban J connectivity index is 1.45. The fourth-order valence-electron chi connectivity index (χ4n) is 5.00. The summed E-state index contributed by atoms with van der Waals surface area (Å²) in [7, 11) is -3.64. The van der Waals surface area contributed by atoms with Gasteiger partial charge >= 0.3 is 0 Å². The number of H-pyrrole nitrogens is 1. The Morgan fingerprint density at radius 2 is 1.77 bits per heavy atom. The highest BCUT2D eigenvalue weighted by atomic mass is 32.2. The fraction of sp³-hybridized carbons (Fsp3) is 0.194. The van der Waals surface area contributed by atoms with Crippen molar-refractivity contribution in [2.45, 2.75) is 24.7 Å². The van der Waals surface area contributed by atoms with E-state index in [1.54, 1.807) is 33.3 Å². The van der Waals surface area contributed by atoms with E-state index in [-0.39, 0.29) is 4.90 Å². The van der Waals surface area contributed by atoms with Gasteiger partial charge in [0.1, 0.15) is 17.6 Å². The zero-order chi connectivity index (χ0) is 27.7. The molecule has 3 heterocycles. The number of aromatic nitrogens is 4. The molecule has 1 aliphatic heterocycles. The fourth-order valence-corrected chi connectivity index (χ4v) is 6.51. The van der Waals surface area contributed by atoms with Gasteiger partial charge in [0.05, 0.1) is 27.2 Å². The summed E-state index contributed by atoms with van der Waals surface area (Å²) in [6.45, 7) is 3.20. The predicted molar refractivity (Wildman–Crippen MR) is 156 cm³/mol. The minimum atomic E-state index is -3.64. The van der Waals surface area contributed by atoms with Gasteiger partial charge in [-0.1, -0.05) is 49.4 Å². The van der Waals surface area contributed by atoms with E-state index in [4.69, 9.17) is 5.10 Å². The van der Waals surface area contributed by atoms with Crippen molar-refractivity contribution in [3.8, 4) is 23.0 Å².